The van der Waals surface area contributed by atoms with Crippen LogP contribution in [0.4, 0.5) is 0 Å². The summed E-state index contributed by atoms with van der Waals surface area (Å²) in [6.45, 7) is 1.27. The van der Waals surface area contributed by atoms with E-state index in [4.69, 9.17) is 23.2 Å². The zero-order valence-electron chi connectivity index (χ0n) is 9.13. The average Bonchev–Trinajstić information content (AvgIpc) is 2.65. The molecule has 1 saturated heterocycles. The first kappa shape index (κ1) is 13.2. The third-order valence-corrected chi connectivity index (χ3v) is 4.55. The fourth-order valence-corrected chi connectivity index (χ4v) is 2.94. The zero-order valence-corrected chi connectivity index (χ0v) is 12.2. The lowest BCUT2D eigenvalue weighted by Gasteiger charge is -2.18. The zero-order chi connectivity index (χ0) is 12.4. The first-order chi connectivity index (χ1) is 8.11. The van der Waals surface area contributed by atoms with Crippen LogP contribution < -0.4 is 0 Å². The first-order valence-electron chi connectivity index (χ1n) is 5.38. The van der Waals surface area contributed by atoms with Gasteiger partial charge in [-0.15, -0.1) is 0 Å². The number of alkyl halides is 1. The van der Waals surface area contributed by atoms with Crippen molar-refractivity contribution in [1.29, 1.82) is 0 Å². The molecule has 1 amide bonds. The molecule has 1 aromatic carbocycles. The summed E-state index contributed by atoms with van der Waals surface area (Å²) in [5, 5.41) is 2.09. The summed E-state index contributed by atoms with van der Waals surface area (Å²) < 4.78 is 0. The molecule has 1 atom stereocenters. The average molecular weight is 337 g/mol. The summed E-state index contributed by atoms with van der Waals surface area (Å²) >= 11 is 15.6. The van der Waals surface area contributed by atoms with Crippen LogP contribution in [0.1, 0.15) is 12.0 Å². The van der Waals surface area contributed by atoms with E-state index in [1.54, 1.807) is 18.2 Å². The largest absolute Gasteiger partial charge is 0.338 e. The van der Waals surface area contributed by atoms with Gasteiger partial charge in [0, 0.05) is 40.4 Å². The van der Waals surface area contributed by atoms with Crippen molar-refractivity contribution < 1.29 is 4.79 Å². The van der Waals surface area contributed by atoms with Crippen LogP contribution in [-0.4, -0.2) is 22.7 Å². The normalized spacial score (nSPS) is 20.1. The Balaban J connectivity index is 2.14. The van der Waals surface area contributed by atoms with Crippen molar-refractivity contribution >= 4 is 45.0 Å². The van der Waals surface area contributed by atoms with Gasteiger partial charge >= 0.3 is 0 Å². The van der Waals surface area contributed by atoms with Crippen LogP contribution in [0.25, 0.3) is 0 Å². The van der Waals surface area contributed by atoms with Crippen molar-refractivity contribution in [2.24, 2.45) is 5.92 Å². The number of amides is 1. The molecule has 92 valence electrons. The second kappa shape index (κ2) is 5.59. The van der Waals surface area contributed by atoms with Crippen LogP contribution in [0.3, 0.4) is 0 Å². The second-order valence-corrected chi connectivity index (χ2v) is 5.66. The van der Waals surface area contributed by atoms with E-state index < -0.39 is 0 Å². The van der Waals surface area contributed by atoms with E-state index in [-0.39, 0.29) is 5.91 Å². The van der Waals surface area contributed by atoms with Crippen molar-refractivity contribution in [3.8, 4) is 0 Å². The minimum absolute atomic E-state index is 0.172. The third-order valence-electron chi connectivity index (χ3n) is 2.92. The highest BCUT2D eigenvalue weighted by Crippen LogP contribution is 2.28. The van der Waals surface area contributed by atoms with E-state index in [9.17, 15) is 4.79 Å². The topological polar surface area (TPSA) is 20.3 Å². The smallest absolute Gasteiger partial charge is 0.223 e. The Morgan fingerprint density at radius 3 is 2.53 bits per heavy atom. The van der Waals surface area contributed by atoms with Crippen molar-refractivity contribution in [1.82, 2.24) is 4.90 Å². The lowest BCUT2D eigenvalue weighted by Crippen LogP contribution is -2.25. The van der Waals surface area contributed by atoms with E-state index in [0.717, 1.165) is 17.4 Å². The van der Waals surface area contributed by atoms with Crippen LogP contribution in [0.2, 0.25) is 10.0 Å². The summed E-state index contributed by atoms with van der Waals surface area (Å²) in [7, 11) is 0. The Labute approximate surface area is 119 Å². The maximum absolute atomic E-state index is 11.8. The van der Waals surface area contributed by atoms with Crippen LogP contribution in [0, 0.1) is 5.92 Å². The molecule has 1 aliphatic rings. The molecule has 1 fully saturated rings. The minimum atomic E-state index is 0.172. The van der Waals surface area contributed by atoms with E-state index >= 15 is 0 Å². The van der Waals surface area contributed by atoms with Gasteiger partial charge in [-0.2, -0.15) is 0 Å². The Hall–Kier alpha value is -0.250. The van der Waals surface area contributed by atoms with Crippen molar-refractivity contribution in [2.75, 3.05) is 11.9 Å². The van der Waals surface area contributed by atoms with Crippen molar-refractivity contribution in [3.05, 3.63) is 33.8 Å². The molecule has 5 heteroatoms. The Bertz CT molecular complexity index is 418. The number of carbonyl (C=O) groups is 1. The van der Waals surface area contributed by atoms with Crippen LogP contribution in [0.5, 0.6) is 0 Å². The number of hydrogen-bond acceptors (Lipinski definition) is 1. The highest BCUT2D eigenvalue weighted by Gasteiger charge is 2.29. The molecule has 2 rings (SSSR count). The maximum atomic E-state index is 11.8. The standard InChI is InChI=1S/C12H12BrCl2NO/c13-5-8-4-12(17)16(6-8)7-9-10(14)2-1-3-11(9)15/h1-3,8H,4-7H2. The van der Waals surface area contributed by atoms with E-state index in [1.807, 2.05) is 4.90 Å². The fraction of sp³-hybridized carbons (Fsp3) is 0.417. The van der Waals surface area contributed by atoms with Crippen LogP contribution in [0.15, 0.2) is 18.2 Å². The van der Waals surface area contributed by atoms with E-state index in [1.165, 1.54) is 0 Å². The molecule has 1 heterocycles. The minimum Gasteiger partial charge on any atom is -0.338 e. The van der Waals surface area contributed by atoms with Crippen molar-refractivity contribution in [3.63, 3.8) is 0 Å². The van der Waals surface area contributed by atoms with Gasteiger partial charge in [0.2, 0.25) is 5.91 Å². The van der Waals surface area contributed by atoms with Gasteiger partial charge in [-0.1, -0.05) is 45.2 Å². The predicted molar refractivity (Wildman–Crippen MR) is 73.8 cm³/mol. The molecule has 0 saturated carbocycles. The summed E-state index contributed by atoms with van der Waals surface area (Å²) in [5.74, 6) is 0.564. The monoisotopic (exact) mass is 335 g/mol. The van der Waals surface area contributed by atoms with Gasteiger partial charge in [0.1, 0.15) is 0 Å². The van der Waals surface area contributed by atoms with Crippen LogP contribution in [-0.2, 0) is 11.3 Å². The SMILES string of the molecule is O=C1CC(CBr)CN1Cc1c(Cl)cccc1Cl. The second-order valence-electron chi connectivity index (χ2n) is 4.20. The number of benzene rings is 1. The van der Waals surface area contributed by atoms with Gasteiger partial charge in [0.05, 0.1) is 0 Å². The summed E-state index contributed by atoms with van der Waals surface area (Å²) in [4.78, 5) is 13.6. The molecule has 0 aliphatic carbocycles. The molecule has 0 spiro atoms. The number of hydrogen-bond donors (Lipinski definition) is 0. The summed E-state index contributed by atoms with van der Waals surface area (Å²) in [6.07, 6.45) is 0.604. The Morgan fingerprint density at radius 1 is 1.35 bits per heavy atom. The molecule has 0 bridgehead atoms. The molecule has 0 N–H and O–H groups in total. The number of halogens is 3. The van der Waals surface area contributed by atoms with Gasteiger partial charge in [-0.25, -0.2) is 0 Å². The van der Waals surface area contributed by atoms with E-state index in [2.05, 4.69) is 15.9 Å². The number of rotatable bonds is 3. The van der Waals surface area contributed by atoms with Gasteiger partial charge < -0.3 is 4.90 Å². The maximum Gasteiger partial charge on any atom is 0.223 e. The molecule has 0 radical (unpaired) electrons. The fourth-order valence-electron chi connectivity index (χ4n) is 1.98. The third kappa shape index (κ3) is 2.95. The van der Waals surface area contributed by atoms with Crippen molar-refractivity contribution in [2.45, 2.75) is 13.0 Å². The summed E-state index contributed by atoms with van der Waals surface area (Å²) in [5.41, 5.74) is 0.833. The highest BCUT2D eigenvalue weighted by atomic mass is 79.9. The van der Waals surface area contributed by atoms with Gasteiger partial charge in [0.15, 0.2) is 0 Å². The number of nitrogens with zero attached hydrogens (tertiary/aromatic N) is 1. The molecule has 1 aliphatic heterocycles. The van der Waals surface area contributed by atoms with Crippen LogP contribution >= 0.6 is 39.1 Å². The summed E-state index contributed by atoms with van der Waals surface area (Å²) in [6, 6.07) is 5.40. The first-order valence-corrected chi connectivity index (χ1v) is 7.26. The molecular formula is C12H12BrCl2NO. The Morgan fingerprint density at radius 2 is 2.00 bits per heavy atom. The molecule has 1 aromatic rings. The van der Waals surface area contributed by atoms with E-state index in [0.29, 0.717) is 28.9 Å². The molecular weight excluding hydrogens is 325 g/mol. The molecule has 17 heavy (non-hydrogen) atoms. The lowest BCUT2D eigenvalue weighted by molar-refractivity contribution is -0.128. The quantitative estimate of drug-likeness (QED) is 0.770. The van der Waals surface area contributed by atoms with Gasteiger partial charge in [-0.05, 0) is 18.1 Å². The molecule has 2 nitrogen and oxygen atoms in total. The van der Waals surface area contributed by atoms with Gasteiger partial charge in [-0.3, -0.25) is 4.79 Å². The number of likely N-dealkylation sites (tertiary alicyclic amines) is 1. The Kier molecular flexibility index (Phi) is 4.34. The van der Waals surface area contributed by atoms with Gasteiger partial charge in [0.25, 0.3) is 0 Å². The molecule has 0 aromatic heterocycles. The lowest BCUT2D eigenvalue weighted by atomic mass is 10.2. The highest BCUT2D eigenvalue weighted by molar-refractivity contribution is 9.09. The predicted octanol–water partition coefficient (Wildman–Crippen LogP) is 3.74. The number of carbonyl (C=O) groups excluding carboxylic acids is 1. The molecule has 1 unspecified atom stereocenters.